The lowest BCUT2D eigenvalue weighted by atomic mass is 9.96. The van der Waals surface area contributed by atoms with Crippen molar-refractivity contribution in [2.75, 3.05) is 24.1 Å². The number of halogens is 1. The van der Waals surface area contributed by atoms with Crippen LogP contribution in [0.2, 0.25) is 0 Å². The van der Waals surface area contributed by atoms with Crippen molar-refractivity contribution < 1.29 is 9.59 Å². The number of piperidine rings is 1. The summed E-state index contributed by atoms with van der Waals surface area (Å²) in [6.07, 6.45) is 2.00. The Balaban J connectivity index is 0.00000243. The molecule has 0 spiro atoms. The number of carbonyl (C=O) groups excluding carboxylic acids is 2. The molecule has 1 heterocycles. The van der Waals surface area contributed by atoms with Gasteiger partial charge in [0.25, 0.3) is 0 Å². The number of carbonyl (C=O) groups is 2. The molecule has 3 rings (SSSR count). The summed E-state index contributed by atoms with van der Waals surface area (Å²) in [6, 6.07) is 16.9. The highest BCUT2D eigenvalue weighted by Gasteiger charge is 2.28. The first kappa shape index (κ1) is 19.8. The van der Waals surface area contributed by atoms with E-state index in [0.717, 1.165) is 18.4 Å². The number of amides is 2. The van der Waals surface area contributed by atoms with Crippen LogP contribution in [-0.2, 0) is 16.0 Å². The molecule has 0 radical (unpaired) electrons. The summed E-state index contributed by atoms with van der Waals surface area (Å²) in [4.78, 5) is 26.9. The van der Waals surface area contributed by atoms with Crippen LogP contribution in [0.4, 0.5) is 11.4 Å². The molecule has 0 bridgehead atoms. The van der Waals surface area contributed by atoms with Gasteiger partial charge in [-0.05, 0) is 30.5 Å². The lowest BCUT2D eigenvalue weighted by molar-refractivity contribution is -0.133. The van der Waals surface area contributed by atoms with Gasteiger partial charge in [0, 0.05) is 13.1 Å². The van der Waals surface area contributed by atoms with E-state index < -0.39 is 0 Å². The summed E-state index contributed by atoms with van der Waals surface area (Å²) >= 11 is 0. The Bertz CT molecular complexity index is 752. The van der Waals surface area contributed by atoms with Gasteiger partial charge in [-0.15, -0.1) is 12.4 Å². The van der Waals surface area contributed by atoms with Gasteiger partial charge in [-0.3, -0.25) is 9.59 Å². The van der Waals surface area contributed by atoms with E-state index >= 15 is 0 Å². The van der Waals surface area contributed by atoms with E-state index in [1.54, 1.807) is 17.0 Å². The number of nitrogens with one attached hydrogen (secondary N) is 1. The second kappa shape index (κ2) is 9.25. The first-order valence-corrected chi connectivity index (χ1v) is 8.60. The fourth-order valence-electron chi connectivity index (χ4n) is 3.15. The molecule has 5 nitrogen and oxygen atoms in total. The fraction of sp³-hybridized carbons (Fsp3) is 0.300. The van der Waals surface area contributed by atoms with E-state index in [1.807, 2.05) is 42.5 Å². The maximum atomic E-state index is 12.5. The van der Waals surface area contributed by atoms with Crippen molar-refractivity contribution in [3.63, 3.8) is 0 Å². The van der Waals surface area contributed by atoms with Gasteiger partial charge in [-0.25, -0.2) is 0 Å². The summed E-state index contributed by atoms with van der Waals surface area (Å²) in [7, 11) is 0. The second-order valence-corrected chi connectivity index (χ2v) is 6.42. The first-order valence-electron chi connectivity index (χ1n) is 8.60. The van der Waals surface area contributed by atoms with Crippen molar-refractivity contribution in [1.29, 1.82) is 0 Å². The number of rotatable bonds is 4. The molecular weight excluding hydrogens is 350 g/mol. The van der Waals surface area contributed by atoms with Crippen molar-refractivity contribution in [3.8, 4) is 0 Å². The lowest BCUT2D eigenvalue weighted by Crippen LogP contribution is -2.44. The third-order valence-corrected chi connectivity index (χ3v) is 4.56. The predicted molar refractivity (Wildman–Crippen MR) is 106 cm³/mol. The minimum atomic E-state index is -0.201. The summed E-state index contributed by atoms with van der Waals surface area (Å²) < 4.78 is 0. The number of para-hydroxylation sites is 2. The molecule has 1 atom stereocenters. The highest BCUT2D eigenvalue weighted by atomic mass is 35.5. The van der Waals surface area contributed by atoms with E-state index in [1.165, 1.54) is 0 Å². The summed E-state index contributed by atoms with van der Waals surface area (Å²) in [5.74, 6) is -0.203. The molecule has 1 unspecified atom stereocenters. The second-order valence-electron chi connectivity index (χ2n) is 6.42. The highest BCUT2D eigenvalue weighted by Crippen LogP contribution is 2.22. The van der Waals surface area contributed by atoms with Gasteiger partial charge < -0.3 is 16.0 Å². The average molecular weight is 374 g/mol. The Morgan fingerprint density at radius 3 is 2.50 bits per heavy atom. The molecule has 1 aliphatic heterocycles. The molecule has 1 saturated heterocycles. The summed E-state index contributed by atoms with van der Waals surface area (Å²) in [5, 5.41) is 2.89. The van der Waals surface area contributed by atoms with Gasteiger partial charge in [0.05, 0.1) is 23.7 Å². The molecule has 0 aliphatic carbocycles. The molecule has 26 heavy (non-hydrogen) atoms. The zero-order chi connectivity index (χ0) is 17.6. The van der Waals surface area contributed by atoms with Gasteiger partial charge in [0.15, 0.2) is 0 Å². The molecule has 3 N–H and O–H groups in total. The standard InChI is InChI=1S/C20H23N3O2.ClH/c21-17-10-4-5-11-18(17)22-20(25)16-9-6-12-23(14-16)19(24)13-15-7-2-1-3-8-15;/h1-5,7-8,10-11,16H,6,9,12-14,21H2,(H,22,25);1H. The van der Waals surface area contributed by atoms with E-state index in [4.69, 9.17) is 5.73 Å². The number of likely N-dealkylation sites (tertiary alicyclic amines) is 1. The third-order valence-electron chi connectivity index (χ3n) is 4.56. The summed E-state index contributed by atoms with van der Waals surface area (Å²) in [6.45, 7) is 1.17. The number of nitrogen functional groups attached to an aromatic ring is 1. The molecule has 2 aromatic rings. The van der Waals surface area contributed by atoms with Crippen LogP contribution in [0.15, 0.2) is 54.6 Å². The Labute approximate surface area is 160 Å². The Morgan fingerprint density at radius 1 is 1.08 bits per heavy atom. The minimum absolute atomic E-state index is 0. The van der Waals surface area contributed by atoms with Crippen molar-refractivity contribution >= 4 is 35.6 Å². The van der Waals surface area contributed by atoms with E-state index in [0.29, 0.717) is 30.9 Å². The lowest BCUT2D eigenvalue weighted by Gasteiger charge is -2.32. The summed E-state index contributed by atoms with van der Waals surface area (Å²) in [5.41, 5.74) is 8.05. The number of anilines is 2. The minimum Gasteiger partial charge on any atom is -0.397 e. The maximum absolute atomic E-state index is 12.5. The monoisotopic (exact) mass is 373 g/mol. The van der Waals surface area contributed by atoms with Crippen LogP contribution < -0.4 is 11.1 Å². The largest absolute Gasteiger partial charge is 0.397 e. The van der Waals surface area contributed by atoms with Crippen molar-refractivity contribution in [3.05, 3.63) is 60.2 Å². The zero-order valence-corrected chi connectivity index (χ0v) is 15.4. The number of benzene rings is 2. The zero-order valence-electron chi connectivity index (χ0n) is 14.6. The molecule has 0 saturated carbocycles. The molecule has 1 aliphatic rings. The van der Waals surface area contributed by atoms with Crippen LogP contribution >= 0.6 is 12.4 Å². The van der Waals surface area contributed by atoms with Gasteiger partial charge in [-0.2, -0.15) is 0 Å². The van der Waals surface area contributed by atoms with Gasteiger partial charge in [0.2, 0.25) is 11.8 Å². The fourth-order valence-corrected chi connectivity index (χ4v) is 3.15. The van der Waals surface area contributed by atoms with E-state index in [9.17, 15) is 9.59 Å². The van der Waals surface area contributed by atoms with Crippen LogP contribution in [0.1, 0.15) is 18.4 Å². The van der Waals surface area contributed by atoms with Crippen LogP contribution in [0.3, 0.4) is 0 Å². The van der Waals surface area contributed by atoms with E-state index in [-0.39, 0.29) is 30.1 Å². The van der Waals surface area contributed by atoms with Crippen molar-refractivity contribution in [1.82, 2.24) is 4.90 Å². The Morgan fingerprint density at radius 2 is 1.77 bits per heavy atom. The number of nitrogens with two attached hydrogens (primary N) is 1. The van der Waals surface area contributed by atoms with Crippen LogP contribution in [-0.4, -0.2) is 29.8 Å². The first-order chi connectivity index (χ1) is 12.1. The topological polar surface area (TPSA) is 75.4 Å². The van der Waals surface area contributed by atoms with Crippen molar-refractivity contribution in [2.24, 2.45) is 5.92 Å². The quantitative estimate of drug-likeness (QED) is 0.808. The van der Waals surface area contributed by atoms with Crippen molar-refractivity contribution in [2.45, 2.75) is 19.3 Å². The smallest absolute Gasteiger partial charge is 0.229 e. The number of nitrogens with zero attached hydrogens (tertiary/aromatic N) is 1. The molecule has 2 aromatic carbocycles. The van der Waals surface area contributed by atoms with Crippen LogP contribution in [0.25, 0.3) is 0 Å². The number of hydrogen-bond donors (Lipinski definition) is 2. The number of hydrogen-bond acceptors (Lipinski definition) is 3. The predicted octanol–water partition coefficient (Wildman–Crippen LogP) is 3.11. The molecule has 138 valence electrons. The Hall–Kier alpha value is -2.53. The SMILES string of the molecule is Cl.Nc1ccccc1NC(=O)C1CCCN(C(=O)Cc2ccccc2)C1. The normalized spacial score (nSPS) is 16.5. The molecule has 2 amide bonds. The highest BCUT2D eigenvalue weighted by molar-refractivity contribution is 5.95. The van der Waals surface area contributed by atoms with Gasteiger partial charge in [-0.1, -0.05) is 42.5 Å². The van der Waals surface area contributed by atoms with Gasteiger partial charge >= 0.3 is 0 Å². The molecular formula is C20H24ClN3O2. The molecule has 6 heteroatoms. The van der Waals surface area contributed by atoms with Gasteiger partial charge in [0.1, 0.15) is 0 Å². The Kier molecular flexibility index (Phi) is 7.04. The maximum Gasteiger partial charge on any atom is 0.229 e. The van der Waals surface area contributed by atoms with E-state index in [2.05, 4.69) is 5.32 Å². The third kappa shape index (κ3) is 4.99. The van der Waals surface area contributed by atoms with Crippen LogP contribution in [0, 0.1) is 5.92 Å². The average Bonchev–Trinajstić information content (AvgIpc) is 2.64. The molecule has 1 fully saturated rings. The molecule has 0 aromatic heterocycles. The van der Waals surface area contributed by atoms with Crippen LogP contribution in [0.5, 0.6) is 0 Å².